The van der Waals surface area contributed by atoms with Crippen LogP contribution < -0.4 is 5.32 Å². The summed E-state index contributed by atoms with van der Waals surface area (Å²) in [5.41, 5.74) is 0.000218. The number of aromatic amines is 1. The van der Waals surface area contributed by atoms with E-state index in [-0.39, 0.29) is 29.7 Å². The van der Waals surface area contributed by atoms with Crippen molar-refractivity contribution in [3.8, 4) is 0 Å². The van der Waals surface area contributed by atoms with Crippen molar-refractivity contribution in [2.45, 2.75) is 32.0 Å². The SMILES string of the molecule is CCC(CC)(NC(=O)c1cc2cccc([N+](=O)[O-])c2[nH]1)P(=O)(O)O. The van der Waals surface area contributed by atoms with Crippen molar-refractivity contribution >= 4 is 30.1 Å². The second kappa shape index (κ2) is 6.35. The van der Waals surface area contributed by atoms with Crippen molar-refractivity contribution in [3.05, 3.63) is 40.1 Å². The summed E-state index contributed by atoms with van der Waals surface area (Å²) >= 11 is 0. The molecule has 1 heterocycles. The Morgan fingerprint density at radius 1 is 1.38 bits per heavy atom. The molecule has 0 bridgehead atoms. The molecule has 0 saturated carbocycles. The van der Waals surface area contributed by atoms with E-state index < -0.39 is 23.7 Å². The Balaban J connectivity index is 2.43. The maximum Gasteiger partial charge on any atom is 0.350 e. The number of hydrogen-bond acceptors (Lipinski definition) is 4. The molecule has 0 aliphatic carbocycles. The number of fused-ring (bicyclic) bond motifs is 1. The van der Waals surface area contributed by atoms with Crippen LogP contribution in [-0.2, 0) is 4.57 Å². The molecule has 1 aromatic heterocycles. The molecule has 0 unspecified atom stereocenters. The van der Waals surface area contributed by atoms with Crippen molar-refractivity contribution in [2.24, 2.45) is 0 Å². The van der Waals surface area contributed by atoms with E-state index >= 15 is 0 Å². The number of para-hydroxylation sites is 1. The molecule has 2 aromatic rings. The predicted octanol–water partition coefficient (Wildman–Crippen LogP) is 2.50. The van der Waals surface area contributed by atoms with Crippen LogP contribution in [0.15, 0.2) is 24.3 Å². The number of nitrogens with one attached hydrogen (secondary N) is 2. The fraction of sp³-hybridized carbons (Fsp3) is 0.357. The Bertz CT molecular complexity index is 836. The zero-order valence-corrected chi connectivity index (χ0v) is 14.0. The van der Waals surface area contributed by atoms with Crippen LogP contribution in [0, 0.1) is 10.1 Å². The number of nitro benzene ring substituents is 1. The fourth-order valence-corrected chi connectivity index (χ4v) is 3.68. The minimum Gasteiger partial charge on any atom is -0.345 e. The third kappa shape index (κ3) is 3.06. The van der Waals surface area contributed by atoms with Gasteiger partial charge in [-0.2, -0.15) is 0 Å². The first kappa shape index (κ1) is 18.1. The van der Waals surface area contributed by atoms with Gasteiger partial charge < -0.3 is 20.1 Å². The highest BCUT2D eigenvalue weighted by Gasteiger charge is 2.45. The van der Waals surface area contributed by atoms with Gasteiger partial charge in [-0.25, -0.2) is 0 Å². The Kier molecular flexibility index (Phi) is 4.80. The highest BCUT2D eigenvalue weighted by atomic mass is 31.2. The zero-order valence-electron chi connectivity index (χ0n) is 13.1. The van der Waals surface area contributed by atoms with Gasteiger partial charge in [-0.3, -0.25) is 19.5 Å². The number of rotatable bonds is 6. The van der Waals surface area contributed by atoms with Crippen LogP contribution in [0.4, 0.5) is 5.69 Å². The molecule has 0 radical (unpaired) electrons. The first-order chi connectivity index (χ1) is 11.1. The van der Waals surface area contributed by atoms with Gasteiger partial charge in [0.05, 0.1) is 4.92 Å². The number of non-ortho nitro benzene ring substituents is 1. The summed E-state index contributed by atoms with van der Waals surface area (Å²) in [5.74, 6) is -0.729. The smallest absolute Gasteiger partial charge is 0.345 e. The summed E-state index contributed by atoms with van der Waals surface area (Å²) < 4.78 is 11.8. The third-order valence-corrected chi connectivity index (χ3v) is 6.01. The first-order valence-corrected chi connectivity index (χ1v) is 8.90. The van der Waals surface area contributed by atoms with Gasteiger partial charge in [0, 0.05) is 11.5 Å². The maximum atomic E-state index is 12.4. The number of amides is 1. The molecule has 1 amide bonds. The van der Waals surface area contributed by atoms with Gasteiger partial charge in [0.1, 0.15) is 16.5 Å². The van der Waals surface area contributed by atoms with E-state index in [2.05, 4.69) is 10.3 Å². The molecule has 0 spiro atoms. The largest absolute Gasteiger partial charge is 0.350 e. The summed E-state index contributed by atoms with van der Waals surface area (Å²) in [7, 11) is -4.59. The normalized spacial score (nSPS) is 12.3. The Hall–Kier alpha value is -2.22. The van der Waals surface area contributed by atoms with Gasteiger partial charge in [-0.05, 0) is 18.9 Å². The number of carbonyl (C=O) groups excluding carboxylic acids is 1. The summed E-state index contributed by atoms with van der Waals surface area (Å²) in [6.07, 6.45) is 0.0831. The molecule has 10 heteroatoms. The van der Waals surface area contributed by atoms with Crippen LogP contribution in [0.2, 0.25) is 0 Å². The van der Waals surface area contributed by atoms with E-state index in [4.69, 9.17) is 0 Å². The average molecular weight is 355 g/mol. The molecule has 1 aromatic carbocycles. The van der Waals surface area contributed by atoms with Crippen LogP contribution in [0.3, 0.4) is 0 Å². The number of nitrogens with zero attached hydrogens (tertiary/aromatic N) is 1. The Morgan fingerprint density at radius 2 is 2.00 bits per heavy atom. The van der Waals surface area contributed by atoms with Crippen LogP contribution in [0.1, 0.15) is 37.2 Å². The van der Waals surface area contributed by atoms with Crippen LogP contribution >= 0.6 is 7.60 Å². The van der Waals surface area contributed by atoms with Crippen molar-refractivity contribution in [3.63, 3.8) is 0 Å². The molecule has 0 atom stereocenters. The number of carbonyl (C=O) groups is 1. The summed E-state index contributed by atoms with van der Waals surface area (Å²) in [4.78, 5) is 44.7. The van der Waals surface area contributed by atoms with Crippen molar-refractivity contribution in [2.75, 3.05) is 0 Å². The van der Waals surface area contributed by atoms with Crippen LogP contribution in [0.25, 0.3) is 10.9 Å². The minimum atomic E-state index is -4.59. The zero-order chi connectivity index (χ0) is 18.1. The lowest BCUT2D eigenvalue weighted by molar-refractivity contribution is -0.383. The predicted molar refractivity (Wildman–Crippen MR) is 87.8 cm³/mol. The molecule has 0 saturated heterocycles. The first-order valence-electron chi connectivity index (χ1n) is 7.29. The van der Waals surface area contributed by atoms with Crippen molar-refractivity contribution in [1.82, 2.24) is 10.3 Å². The molecule has 24 heavy (non-hydrogen) atoms. The Labute approximate surface area is 137 Å². The van der Waals surface area contributed by atoms with Gasteiger partial charge >= 0.3 is 7.60 Å². The monoisotopic (exact) mass is 355 g/mol. The Morgan fingerprint density at radius 3 is 2.50 bits per heavy atom. The molecule has 2 rings (SSSR count). The van der Waals surface area contributed by atoms with E-state index in [0.717, 1.165) is 0 Å². The minimum absolute atomic E-state index is 0.000903. The fourth-order valence-electron chi connectivity index (χ4n) is 2.60. The lowest BCUT2D eigenvalue weighted by Gasteiger charge is -2.33. The number of benzene rings is 1. The highest BCUT2D eigenvalue weighted by Crippen LogP contribution is 2.52. The molecular formula is C14H18N3O6P. The lowest BCUT2D eigenvalue weighted by Crippen LogP contribution is -2.47. The maximum absolute atomic E-state index is 12.4. The van der Waals surface area contributed by atoms with Gasteiger partial charge in [0.15, 0.2) is 0 Å². The number of H-pyrrole nitrogens is 1. The molecule has 0 aliphatic heterocycles. The van der Waals surface area contributed by atoms with E-state index in [9.17, 15) is 29.3 Å². The van der Waals surface area contributed by atoms with Crippen LogP contribution in [0.5, 0.6) is 0 Å². The summed E-state index contributed by atoms with van der Waals surface area (Å²) in [5, 5.41) is 12.2. The van der Waals surface area contributed by atoms with E-state index in [1.54, 1.807) is 19.9 Å². The standard InChI is InChI=1S/C14H18N3O6P/c1-3-14(4-2,24(21,22)23)16-13(18)10-8-9-6-5-7-11(17(19)20)12(9)15-10/h5-8,15H,3-4H2,1-2H3,(H,16,18)(H2,21,22,23). The molecular weight excluding hydrogens is 337 g/mol. The summed E-state index contributed by atoms with van der Waals surface area (Å²) in [6.45, 7) is 3.14. The third-order valence-electron chi connectivity index (χ3n) is 4.15. The molecule has 9 nitrogen and oxygen atoms in total. The second-order valence-corrected chi connectivity index (χ2v) is 7.36. The number of aromatic nitrogens is 1. The van der Waals surface area contributed by atoms with E-state index in [0.29, 0.717) is 5.39 Å². The van der Waals surface area contributed by atoms with Gasteiger partial charge in [-0.15, -0.1) is 0 Å². The molecule has 0 fully saturated rings. The van der Waals surface area contributed by atoms with E-state index in [1.807, 2.05) is 0 Å². The quantitative estimate of drug-likeness (QED) is 0.356. The van der Waals surface area contributed by atoms with Crippen molar-refractivity contribution < 1.29 is 24.1 Å². The number of nitro groups is 1. The molecule has 130 valence electrons. The van der Waals surface area contributed by atoms with Gasteiger partial charge in [-0.1, -0.05) is 26.0 Å². The van der Waals surface area contributed by atoms with E-state index in [1.165, 1.54) is 18.2 Å². The van der Waals surface area contributed by atoms with Crippen LogP contribution in [-0.4, -0.2) is 30.9 Å². The highest BCUT2D eigenvalue weighted by molar-refractivity contribution is 7.53. The molecule has 4 N–H and O–H groups in total. The van der Waals surface area contributed by atoms with Gasteiger partial charge in [0.2, 0.25) is 0 Å². The molecule has 0 aliphatic rings. The lowest BCUT2D eigenvalue weighted by atomic mass is 10.1. The second-order valence-electron chi connectivity index (χ2n) is 5.42. The summed E-state index contributed by atoms with van der Waals surface area (Å²) in [6, 6.07) is 5.81. The van der Waals surface area contributed by atoms with Crippen molar-refractivity contribution in [1.29, 1.82) is 0 Å². The average Bonchev–Trinajstić information content (AvgIpc) is 2.95. The topological polar surface area (TPSA) is 146 Å². The number of hydrogen-bond donors (Lipinski definition) is 4. The van der Waals surface area contributed by atoms with Gasteiger partial charge in [0.25, 0.3) is 11.6 Å².